The van der Waals surface area contributed by atoms with Crippen molar-refractivity contribution in [1.82, 2.24) is 0 Å². The van der Waals surface area contributed by atoms with Gasteiger partial charge in [0.2, 0.25) is 0 Å². The molecular formula is C9H21NO2. The maximum atomic E-state index is 8.98. The molecule has 2 unspecified atom stereocenters. The summed E-state index contributed by atoms with van der Waals surface area (Å²) in [5, 5.41) is 8.98. The van der Waals surface area contributed by atoms with Crippen molar-refractivity contribution in [2.45, 2.75) is 45.3 Å². The van der Waals surface area contributed by atoms with Crippen molar-refractivity contribution in [3.05, 3.63) is 0 Å². The summed E-state index contributed by atoms with van der Waals surface area (Å²) in [7, 11) is 0. The predicted octanol–water partition coefficient (Wildman–Crippen LogP) is 0.901. The van der Waals surface area contributed by atoms with Crippen molar-refractivity contribution in [3.63, 3.8) is 0 Å². The van der Waals surface area contributed by atoms with Crippen LogP contribution < -0.4 is 5.73 Å². The molecule has 0 aromatic carbocycles. The molecule has 0 bridgehead atoms. The first-order valence-corrected chi connectivity index (χ1v) is 4.56. The van der Waals surface area contributed by atoms with Gasteiger partial charge in [0.15, 0.2) is 0 Å². The largest absolute Gasteiger partial charge is 0.393 e. The van der Waals surface area contributed by atoms with E-state index in [0.717, 1.165) is 6.42 Å². The van der Waals surface area contributed by atoms with E-state index >= 15 is 0 Å². The number of rotatable bonds is 6. The molecule has 0 saturated heterocycles. The van der Waals surface area contributed by atoms with Crippen molar-refractivity contribution < 1.29 is 9.84 Å². The summed E-state index contributed by atoms with van der Waals surface area (Å²) in [6, 6.07) is 0. The first-order chi connectivity index (χ1) is 5.54. The van der Waals surface area contributed by atoms with E-state index in [2.05, 4.69) is 6.92 Å². The molecule has 0 fully saturated rings. The van der Waals surface area contributed by atoms with Gasteiger partial charge in [-0.3, -0.25) is 0 Å². The fraction of sp³-hybridized carbons (Fsp3) is 1.00. The monoisotopic (exact) mass is 175 g/mol. The predicted molar refractivity (Wildman–Crippen MR) is 50.0 cm³/mol. The van der Waals surface area contributed by atoms with Gasteiger partial charge in [0.1, 0.15) is 0 Å². The van der Waals surface area contributed by atoms with E-state index in [1.165, 1.54) is 0 Å². The minimum atomic E-state index is -0.288. The van der Waals surface area contributed by atoms with Crippen LogP contribution in [0, 0.1) is 0 Å². The van der Waals surface area contributed by atoms with E-state index in [-0.39, 0.29) is 11.7 Å². The van der Waals surface area contributed by atoms with Crippen molar-refractivity contribution in [1.29, 1.82) is 0 Å². The van der Waals surface area contributed by atoms with E-state index in [1.807, 2.05) is 6.92 Å². The quantitative estimate of drug-likeness (QED) is 0.630. The highest BCUT2D eigenvalue weighted by Gasteiger charge is 2.20. The third kappa shape index (κ3) is 4.70. The van der Waals surface area contributed by atoms with Gasteiger partial charge in [-0.25, -0.2) is 0 Å². The van der Waals surface area contributed by atoms with E-state index in [1.54, 1.807) is 6.92 Å². The van der Waals surface area contributed by atoms with Crippen LogP contribution in [-0.4, -0.2) is 30.0 Å². The summed E-state index contributed by atoms with van der Waals surface area (Å²) in [6.07, 6.45) is 1.29. The minimum absolute atomic E-state index is 0.213. The van der Waals surface area contributed by atoms with Gasteiger partial charge in [-0.1, -0.05) is 6.92 Å². The van der Waals surface area contributed by atoms with Gasteiger partial charge in [-0.15, -0.1) is 0 Å². The fourth-order valence-corrected chi connectivity index (χ4v) is 0.781. The fourth-order valence-electron chi connectivity index (χ4n) is 0.781. The Labute approximate surface area is 74.9 Å². The normalized spacial score (nSPS) is 18.8. The van der Waals surface area contributed by atoms with Crippen LogP contribution in [0.3, 0.4) is 0 Å². The Morgan fingerprint density at radius 1 is 1.58 bits per heavy atom. The number of hydrogen-bond donors (Lipinski definition) is 2. The Morgan fingerprint density at radius 3 is 2.50 bits per heavy atom. The summed E-state index contributed by atoms with van der Waals surface area (Å²) in [4.78, 5) is 0. The molecule has 0 heterocycles. The molecule has 2 atom stereocenters. The molecule has 3 N–H and O–H groups in total. The van der Waals surface area contributed by atoms with Crippen LogP contribution in [0.5, 0.6) is 0 Å². The summed E-state index contributed by atoms with van der Waals surface area (Å²) >= 11 is 0. The van der Waals surface area contributed by atoms with Crippen LogP contribution in [-0.2, 0) is 4.74 Å². The van der Waals surface area contributed by atoms with Gasteiger partial charge in [0.05, 0.1) is 11.7 Å². The SMILES string of the molecule is CCC(C)(CN)OCCC(C)O. The molecule has 12 heavy (non-hydrogen) atoms. The van der Waals surface area contributed by atoms with Crippen LogP contribution in [0.1, 0.15) is 33.6 Å². The van der Waals surface area contributed by atoms with E-state index in [4.69, 9.17) is 15.6 Å². The number of hydrogen-bond acceptors (Lipinski definition) is 3. The van der Waals surface area contributed by atoms with Crippen LogP contribution in [0.4, 0.5) is 0 Å². The maximum absolute atomic E-state index is 8.98. The number of nitrogens with two attached hydrogens (primary N) is 1. The molecule has 0 aliphatic heterocycles. The molecular weight excluding hydrogens is 154 g/mol. The van der Waals surface area contributed by atoms with Gasteiger partial charge < -0.3 is 15.6 Å². The maximum Gasteiger partial charge on any atom is 0.0773 e. The molecule has 0 spiro atoms. The average molecular weight is 175 g/mol. The van der Waals surface area contributed by atoms with Crippen LogP contribution >= 0.6 is 0 Å². The summed E-state index contributed by atoms with van der Waals surface area (Å²) in [5.41, 5.74) is 5.33. The third-order valence-corrected chi connectivity index (χ3v) is 2.17. The molecule has 3 heteroatoms. The second-order valence-electron chi connectivity index (χ2n) is 3.49. The molecule has 0 aromatic rings. The molecule has 3 nitrogen and oxygen atoms in total. The molecule has 0 rings (SSSR count). The molecule has 0 aromatic heterocycles. The summed E-state index contributed by atoms with van der Waals surface area (Å²) < 4.78 is 5.55. The Hall–Kier alpha value is -0.120. The molecule has 74 valence electrons. The molecule has 0 radical (unpaired) electrons. The number of aliphatic hydroxyl groups is 1. The van der Waals surface area contributed by atoms with E-state index in [9.17, 15) is 0 Å². The zero-order chi connectivity index (χ0) is 9.61. The Balaban J connectivity index is 3.58. The smallest absolute Gasteiger partial charge is 0.0773 e. The highest BCUT2D eigenvalue weighted by molar-refractivity contribution is 4.73. The molecule has 0 amide bonds. The van der Waals surface area contributed by atoms with Crippen molar-refractivity contribution in [3.8, 4) is 0 Å². The van der Waals surface area contributed by atoms with Crippen LogP contribution in [0.2, 0.25) is 0 Å². The van der Waals surface area contributed by atoms with Crippen molar-refractivity contribution in [2.24, 2.45) is 5.73 Å². The Bertz CT molecular complexity index is 111. The van der Waals surface area contributed by atoms with Gasteiger partial charge in [-0.2, -0.15) is 0 Å². The number of aliphatic hydroxyl groups excluding tert-OH is 1. The summed E-state index contributed by atoms with van der Waals surface area (Å²) in [6.45, 7) is 6.92. The highest BCUT2D eigenvalue weighted by atomic mass is 16.5. The lowest BCUT2D eigenvalue weighted by atomic mass is 10.0. The molecule has 0 aliphatic carbocycles. The average Bonchev–Trinajstić information content (AvgIpc) is 2.03. The zero-order valence-corrected chi connectivity index (χ0v) is 8.34. The van der Waals surface area contributed by atoms with Gasteiger partial charge in [0, 0.05) is 13.2 Å². The Morgan fingerprint density at radius 2 is 2.17 bits per heavy atom. The molecule has 0 aliphatic rings. The number of ether oxygens (including phenoxy) is 1. The standard InChI is InChI=1S/C9H21NO2/c1-4-9(3,7-10)12-6-5-8(2)11/h8,11H,4-7,10H2,1-3H3. The van der Waals surface area contributed by atoms with E-state index in [0.29, 0.717) is 19.6 Å². The first-order valence-electron chi connectivity index (χ1n) is 4.56. The lowest BCUT2D eigenvalue weighted by molar-refractivity contribution is -0.0381. The second kappa shape index (κ2) is 5.51. The lowest BCUT2D eigenvalue weighted by Crippen LogP contribution is -2.37. The second-order valence-corrected chi connectivity index (χ2v) is 3.49. The minimum Gasteiger partial charge on any atom is -0.393 e. The first kappa shape index (κ1) is 11.9. The van der Waals surface area contributed by atoms with Crippen molar-refractivity contribution >= 4 is 0 Å². The zero-order valence-electron chi connectivity index (χ0n) is 8.34. The lowest BCUT2D eigenvalue weighted by Gasteiger charge is -2.27. The van der Waals surface area contributed by atoms with Gasteiger partial charge >= 0.3 is 0 Å². The third-order valence-electron chi connectivity index (χ3n) is 2.17. The summed E-state index contributed by atoms with van der Waals surface area (Å²) in [5.74, 6) is 0. The van der Waals surface area contributed by atoms with Crippen LogP contribution in [0.15, 0.2) is 0 Å². The highest BCUT2D eigenvalue weighted by Crippen LogP contribution is 2.13. The Kier molecular flexibility index (Phi) is 5.46. The van der Waals surface area contributed by atoms with Gasteiger partial charge in [-0.05, 0) is 26.7 Å². The van der Waals surface area contributed by atoms with Gasteiger partial charge in [0.25, 0.3) is 0 Å². The van der Waals surface area contributed by atoms with Crippen LogP contribution in [0.25, 0.3) is 0 Å². The van der Waals surface area contributed by atoms with Crippen molar-refractivity contribution in [2.75, 3.05) is 13.2 Å². The molecule has 0 saturated carbocycles. The van der Waals surface area contributed by atoms with E-state index < -0.39 is 0 Å². The topological polar surface area (TPSA) is 55.5 Å².